The van der Waals surface area contributed by atoms with E-state index < -0.39 is 17.6 Å². The van der Waals surface area contributed by atoms with E-state index in [1.807, 2.05) is 0 Å². The van der Waals surface area contributed by atoms with E-state index in [-0.39, 0.29) is 5.82 Å². The molecule has 0 aliphatic rings. The predicted octanol–water partition coefficient (Wildman–Crippen LogP) is 1.96. The molecule has 0 radical (unpaired) electrons. The van der Waals surface area contributed by atoms with Crippen LogP contribution < -0.4 is 5.32 Å². The number of carbonyl (C=O) groups is 1. The Morgan fingerprint density at radius 1 is 1.47 bits per heavy atom. The average molecular weight is 213 g/mol. The first-order valence-electron chi connectivity index (χ1n) is 4.34. The Morgan fingerprint density at radius 3 is 2.67 bits per heavy atom. The molecule has 15 heavy (non-hydrogen) atoms. The number of carbonyl (C=O) groups excluding carboxylic acids is 1. The lowest BCUT2D eigenvalue weighted by molar-refractivity contribution is 0.0635. The molecule has 0 unspecified atom stereocenters. The van der Waals surface area contributed by atoms with Gasteiger partial charge in [-0.15, -0.1) is 0 Å². The average Bonchev–Trinajstić information content (AvgIpc) is 1.99. The van der Waals surface area contributed by atoms with E-state index in [1.54, 1.807) is 20.8 Å². The van der Waals surface area contributed by atoms with Crippen molar-refractivity contribution >= 4 is 11.9 Å². The molecule has 1 N–H and O–H groups in total. The normalized spacial score (nSPS) is 10.9. The molecule has 1 aromatic rings. The molecule has 0 saturated heterocycles. The van der Waals surface area contributed by atoms with Crippen LogP contribution in [0.25, 0.3) is 0 Å². The number of anilines is 1. The zero-order valence-corrected chi connectivity index (χ0v) is 8.74. The molecule has 5 nitrogen and oxygen atoms in total. The van der Waals surface area contributed by atoms with E-state index in [1.165, 1.54) is 6.20 Å². The third kappa shape index (κ3) is 4.35. The number of nitrogens with zero attached hydrogens (tertiary/aromatic N) is 2. The largest absolute Gasteiger partial charge is 0.444 e. The summed E-state index contributed by atoms with van der Waals surface area (Å²) < 4.78 is 17.5. The molecule has 0 atom stereocenters. The fourth-order valence-corrected chi connectivity index (χ4v) is 0.811. The van der Waals surface area contributed by atoms with Crippen LogP contribution in [0.5, 0.6) is 0 Å². The van der Waals surface area contributed by atoms with Gasteiger partial charge in [-0.05, 0) is 20.8 Å². The Labute approximate surface area is 86.7 Å². The van der Waals surface area contributed by atoms with Crippen molar-refractivity contribution in [3.63, 3.8) is 0 Å². The van der Waals surface area contributed by atoms with Crippen LogP contribution in [0.15, 0.2) is 12.4 Å². The van der Waals surface area contributed by atoms with Gasteiger partial charge in [0.05, 0.1) is 12.4 Å². The highest BCUT2D eigenvalue weighted by Crippen LogP contribution is 2.09. The highest BCUT2D eigenvalue weighted by atomic mass is 19.1. The summed E-state index contributed by atoms with van der Waals surface area (Å²) in [5.74, 6) is -0.743. The highest BCUT2D eigenvalue weighted by Gasteiger charge is 2.16. The van der Waals surface area contributed by atoms with Crippen molar-refractivity contribution in [1.29, 1.82) is 0 Å². The standard InChI is InChI=1S/C9H12FN3O2/c1-9(2,3)15-8(14)13-7-5-11-4-6(10)12-7/h4-5H,1-3H3,(H,12,13,14). The molecule has 6 heteroatoms. The molecule has 1 aromatic heterocycles. The Balaban J connectivity index is 2.59. The lowest BCUT2D eigenvalue weighted by Gasteiger charge is -2.19. The van der Waals surface area contributed by atoms with Gasteiger partial charge in [-0.2, -0.15) is 9.37 Å². The van der Waals surface area contributed by atoms with Crippen LogP contribution in [0.1, 0.15) is 20.8 Å². The second kappa shape index (κ2) is 4.20. The van der Waals surface area contributed by atoms with Crippen molar-refractivity contribution in [1.82, 2.24) is 9.97 Å². The second-order valence-electron chi connectivity index (χ2n) is 3.85. The van der Waals surface area contributed by atoms with Crippen LogP contribution in [0.3, 0.4) is 0 Å². The zero-order chi connectivity index (χ0) is 11.5. The van der Waals surface area contributed by atoms with Crippen LogP contribution >= 0.6 is 0 Å². The maximum atomic E-state index is 12.6. The molecule has 0 saturated carbocycles. The SMILES string of the molecule is CC(C)(C)OC(=O)Nc1cncc(F)n1. The number of hydrogen-bond acceptors (Lipinski definition) is 4. The summed E-state index contributed by atoms with van der Waals surface area (Å²) >= 11 is 0. The van der Waals surface area contributed by atoms with Crippen molar-refractivity contribution in [3.05, 3.63) is 18.3 Å². The van der Waals surface area contributed by atoms with Gasteiger partial charge in [0.1, 0.15) is 5.60 Å². The lowest BCUT2D eigenvalue weighted by atomic mass is 10.2. The molecule has 0 aromatic carbocycles. The summed E-state index contributed by atoms with van der Waals surface area (Å²) in [5.41, 5.74) is -0.606. The van der Waals surface area contributed by atoms with Crippen molar-refractivity contribution < 1.29 is 13.9 Å². The second-order valence-corrected chi connectivity index (χ2v) is 3.85. The molecule has 0 spiro atoms. The van der Waals surface area contributed by atoms with E-state index in [2.05, 4.69) is 15.3 Å². The van der Waals surface area contributed by atoms with E-state index in [4.69, 9.17) is 4.74 Å². The van der Waals surface area contributed by atoms with Crippen molar-refractivity contribution in [3.8, 4) is 0 Å². The topological polar surface area (TPSA) is 64.1 Å². The zero-order valence-electron chi connectivity index (χ0n) is 8.74. The fourth-order valence-electron chi connectivity index (χ4n) is 0.811. The molecule has 0 bridgehead atoms. The van der Waals surface area contributed by atoms with Crippen LogP contribution in [-0.4, -0.2) is 21.7 Å². The van der Waals surface area contributed by atoms with E-state index in [9.17, 15) is 9.18 Å². The number of aromatic nitrogens is 2. The maximum Gasteiger partial charge on any atom is 0.413 e. The quantitative estimate of drug-likeness (QED) is 0.774. The first-order valence-corrected chi connectivity index (χ1v) is 4.34. The molecule has 1 amide bonds. The maximum absolute atomic E-state index is 12.6. The van der Waals surface area contributed by atoms with Gasteiger partial charge in [-0.25, -0.2) is 4.79 Å². The number of rotatable bonds is 1. The summed E-state index contributed by atoms with van der Waals surface area (Å²) in [7, 11) is 0. The molecule has 1 rings (SSSR count). The Bertz CT molecular complexity index is 363. The first kappa shape index (κ1) is 11.4. The van der Waals surface area contributed by atoms with Crippen LogP contribution in [0.4, 0.5) is 15.0 Å². The third-order valence-electron chi connectivity index (χ3n) is 1.23. The molecule has 1 heterocycles. The van der Waals surface area contributed by atoms with E-state index >= 15 is 0 Å². The number of amides is 1. The molecule has 0 aliphatic carbocycles. The predicted molar refractivity (Wildman–Crippen MR) is 51.8 cm³/mol. The number of hydrogen-bond donors (Lipinski definition) is 1. The van der Waals surface area contributed by atoms with Crippen LogP contribution in [-0.2, 0) is 4.74 Å². The first-order chi connectivity index (χ1) is 6.87. The number of nitrogens with one attached hydrogen (secondary N) is 1. The highest BCUT2D eigenvalue weighted by molar-refractivity contribution is 5.83. The summed E-state index contributed by atoms with van der Waals surface area (Å²) in [5, 5.41) is 2.26. The van der Waals surface area contributed by atoms with Gasteiger partial charge in [-0.3, -0.25) is 10.3 Å². The van der Waals surface area contributed by atoms with Gasteiger partial charge in [-0.1, -0.05) is 0 Å². The van der Waals surface area contributed by atoms with Gasteiger partial charge in [0.25, 0.3) is 0 Å². The summed E-state index contributed by atoms with van der Waals surface area (Å²) in [4.78, 5) is 18.1. The van der Waals surface area contributed by atoms with Crippen molar-refractivity contribution in [2.75, 3.05) is 5.32 Å². The molecular weight excluding hydrogens is 201 g/mol. The monoisotopic (exact) mass is 213 g/mol. The molecule has 0 fully saturated rings. The van der Waals surface area contributed by atoms with Gasteiger partial charge >= 0.3 is 6.09 Å². The molecular formula is C9H12FN3O2. The Morgan fingerprint density at radius 2 is 2.13 bits per heavy atom. The fraction of sp³-hybridized carbons (Fsp3) is 0.444. The van der Waals surface area contributed by atoms with Gasteiger partial charge in [0, 0.05) is 0 Å². The number of ether oxygens (including phenoxy) is 1. The van der Waals surface area contributed by atoms with E-state index in [0.29, 0.717) is 0 Å². The van der Waals surface area contributed by atoms with E-state index in [0.717, 1.165) is 6.20 Å². The summed E-state index contributed by atoms with van der Waals surface area (Å²) in [6.07, 6.45) is 1.48. The molecule has 0 aliphatic heterocycles. The van der Waals surface area contributed by atoms with Gasteiger partial charge in [0.15, 0.2) is 5.82 Å². The van der Waals surface area contributed by atoms with Crippen molar-refractivity contribution in [2.24, 2.45) is 0 Å². The van der Waals surface area contributed by atoms with Gasteiger partial charge in [0.2, 0.25) is 5.95 Å². The van der Waals surface area contributed by atoms with Crippen LogP contribution in [0, 0.1) is 5.95 Å². The van der Waals surface area contributed by atoms with Crippen molar-refractivity contribution in [2.45, 2.75) is 26.4 Å². The van der Waals surface area contributed by atoms with Crippen LogP contribution in [0.2, 0.25) is 0 Å². The van der Waals surface area contributed by atoms with Gasteiger partial charge < -0.3 is 4.74 Å². The smallest absolute Gasteiger partial charge is 0.413 e. The lowest BCUT2D eigenvalue weighted by Crippen LogP contribution is -2.27. The Hall–Kier alpha value is -1.72. The molecule has 82 valence electrons. The summed E-state index contributed by atoms with van der Waals surface area (Å²) in [6, 6.07) is 0. The minimum atomic E-state index is -0.761. The summed E-state index contributed by atoms with van der Waals surface area (Å²) in [6.45, 7) is 5.18. The minimum absolute atomic E-state index is 0.0178. The Kier molecular flexibility index (Phi) is 3.18. The third-order valence-corrected chi connectivity index (χ3v) is 1.23. The number of halogens is 1. The minimum Gasteiger partial charge on any atom is -0.444 e.